The number of aromatic carboxylic acids is 1. The van der Waals surface area contributed by atoms with Crippen LogP contribution < -0.4 is 0 Å². The van der Waals surface area contributed by atoms with E-state index >= 15 is 0 Å². The van der Waals surface area contributed by atoms with Gasteiger partial charge in [0.25, 0.3) is 0 Å². The van der Waals surface area contributed by atoms with Gasteiger partial charge in [0, 0.05) is 44.1 Å². The van der Waals surface area contributed by atoms with Gasteiger partial charge in [-0.1, -0.05) is 35.5 Å². The van der Waals surface area contributed by atoms with E-state index in [-0.39, 0.29) is 6.04 Å². The maximum absolute atomic E-state index is 11.4. The summed E-state index contributed by atoms with van der Waals surface area (Å²) in [5.74, 6) is -0.445. The van der Waals surface area contributed by atoms with E-state index in [4.69, 9.17) is 11.6 Å². The number of carboxylic acids is 1. The first kappa shape index (κ1) is 20.2. The standard InChI is InChI=1S/C24H22ClN3O2S/c1-14(2)27-13-18(12-26-27)28-21-11-17(25)8-9-20(21)23(22(28)15-6-7-15)31-19-5-3-4-16(10-19)24(29)30/h3-5,8-15H,6-7H2,1-2H3,(H,29,30). The van der Waals surface area contributed by atoms with Crippen LogP contribution in [0.2, 0.25) is 5.02 Å². The van der Waals surface area contributed by atoms with Gasteiger partial charge in [-0.25, -0.2) is 4.79 Å². The summed E-state index contributed by atoms with van der Waals surface area (Å²) < 4.78 is 4.25. The lowest BCUT2D eigenvalue weighted by Gasteiger charge is -2.10. The van der Waals surface area contributed by atoms with Gasteiger partial charge >= 0.3 is 5.97 Å². The van der Waals surface area contributed by atoms with Crippen LogP contribution in [-0.2, 0) is 0 Å². The zero-order valence-corrected chi connectivity index (χ0v) is 18.8. The number of halogens is 1. The molecular weight excluding hydrogens is 430 g/mol. The van der Waals surface area contributed by atoms with Crippen LogP contribution in [-0.4, -0.2) is 25.4 Å². The minimum Gasteiger partial charge on any atom is -0.478 e. The van der Waals surface area contributed by atoms with Gasteiger partial charge in [-0.05, 0) is 57.0 Å². The van der Waals surface area contributed by atoms with Crippen molar-refractivity contribution in [3.63, 3.8) is 0 Å². The topological polar surface area (TPSA) is 60.0 Å². The number of carboxylic acid groups (broad SMARTS) is 1. The van der Waals surface area contributed by atoms with Crippen molar-refractivity contribution < 1.29 is 9.90 Å². The van der Waals surface area contributed by atoms with E-state index in [0.29, 0.717) is 16.5 Å². The Morgan fingerprint density at radius 1 is 1.23 bits per heavy atom. The molecule has 2 aromatic heterocycles. The zero-order valence-electron chi connectivity index (χ0n) is 17.2. The molecule has 4 aromatic rings. The highest BCUT2D eigenvalue weighted by molar-refractivity contribution is 7.99. The largest absolute Gasteiger partial charge is 0.478 e. The Morgan fingerprint density at radius 3 is 2.71 bits per heavy atom. The van der Waals surface area contributed by atoms with Crippen LogP contribution in [0.4, 0.5) is 0 Å². The van der Waals surface area contributed by atoms with Crippen molar-refractivity contribution in [2.24, 2.45) is 0 Å². The molecule has 0 amide bonds. The lowest BCUT2D eigenvalue weighted by molar-refractivity contribution is 0.0696. The Hall–Kier alpha value is -2.70. The molecule has 2 heterocycles. The highest BCUT2D eigenvalue weighted by Crippen LogP contribution is 2.51. The Morgan fingerprint density at radius 2 is 2.03 bits per heavy atom. The highest BCUT2D eigenvalue weighted by atomic mass is 35.5. The van der Waals surface area contributed by atoms with Crippen LogP contribution in [0.5, 0.6) is 0 Å². The van der Waals surface area contributed by atoms with Gasteiger partial charge < -0.3 is 9.67 Å². The van der Waals surface area contributed by atoms with Crippen LogP contribution in [0, 0.1) is 0 Å². The van der Waals surface area contributed by atoms with Gasteiger partial charge in [-0.15, -0.1) is 0 Å². The van der Waals surface area contributed by atoms with Crippen molar-refractivity contribution in [2.75, 3.05) is 0 Å². The summed E-state index contributed by atoms with van der Waals surface area (Å²) in [5, 5.41) is 15.8. The maximum atomic E-state index is 11.4. The zero-order chi connectivity index (χ0) is 21.7. The smallest absolute Gasteiger partial charge is 0.335 e. The molecule has 7 heteroatoms. The number of aromatic nitrogens is 3. The summed E-state index contributed by atoms with van der Waals surface area (Å²) in [6, 6.07) is 13.4. The first-order valence-electron chi connectivity index (χ1n) is 10.3. The minimum atomic E-state index is -0.917. The van der Waals surface area contributed by atoms with Crippen molar-refractivity contribution in [1.29, 1.82) is 0 Å². The third kappa shape index (κ3) is 3.75. The van der Waals surface area contributed by atoms with Crippen LogP contribution in [0.1, 0.15) is 54.7 Å². The first-order chi connectivity index (χ1) is 14.9. The Bertz CT molecular complexity index is 1300. The van der Waals surface area contributed by atoms with E-state index in [1.54, 1.807) is 30.0 Å². The van der Waals surface area contributed by atoms with Gasteiger partial charge in [-0.3, -0.25) is 4.68 Å². The van der Waals surface area contributed by atoms with Crippen LogP contribution >= 0.6 is 23.4 Å². The van der Waals surface area contributed by atoms with Gasteiger partial charge in [0.1, 0.15) is 0 Å². The van der Waals surface area contributed by atoms with E-state index in [1.165, 1.54) is 5.69 Å². The maximum Gasteiger partial charge on any atom is 0.335 e. The fraction of sp³-hybridized carbons (Fsp3) is 0.250. The van der Waals surface area contributed by atoms with E-state index in [2.05, 4.69) is 35.8 Å². The molecule has 0 atom stereocenters. The molecule has 1 fully saturated rings. The summed E-state index contributed by atoms with van der Waals surface area (Å²) in [4.78, 5) is 13.5. The Labute approximate surface area is 189 Å². The molecule has 5 rings (SSSR count). The quantitative estimate of drug-likeness (QED) is 0.350. The summed E-state index contributed by atoms with van der Waals surface area (Å²) in [5.41, 5.74) is 3.62. The SMILES string of the molecule is CC(C)n1cc(-n2c(C3CC3)c(Sc3cccc(C(=O)O)c3)c3ccc(Cl)cc32)cn1. The molecule has 0 aliphatic heterocycles. The molecule has 1 N–H and O–H groups in total. The van der Waals surface area contributed by atoms with Gasteiger partial charge in [0.15, 0.2) is 0 Å². The van der Waals surface area contributed by atoms with Gasteiger partial charge in [-0.2, -0.15) is 5.10 Å². The third-order valence-electron chi connectivity index (χ3n) is 5.56. The van der Waals surface area contributed by atoms with Crippen LogP contribution in [0.25, 0.3) is 16.6 Å². The van der Waals surface area contributed by atoms with Crippen molar-refractivity contribution in [3.8, 4) is 5.69 Å². The van der Waals surface area contributed by atoms with E-state index < -0.39 is 5.97 Å². The number of hydrogen-bond acceptors (Lipinski definition) is 3. The third-order valence-corrected chi connectivity index (χ3v) is 6.92. The summed E-state index contributed by atoms with van der Waals surface area (Å²) in [7, 11) is 0. The molecule has 2 aromatic carbocycles. The van der Waals surface area contributed by atoms with Crippen molar-refractivity contribution in [1.82, 2.24) is 14.3 Å². The summed E-state index contributed by atoms with van der Waals surface area (Å²) in [6.45, 7) is 4.22. The van der Waals surface area contributed by atoms with Crippen molar-refractivity contribution in [3.05, 3.63) is 71.1 Å². The molecule has 31 heavy (non-hydrogen) atoms. The number of rotatable bonds is 6. The number of hydrogen-bond donors (Lipinski definition) is 1. The lowest BCUT2D eigenvalue weighted by Crippen LogP contribution is -2.01. The van der Waals surface area contributed by atoms with Crippen molar-refractivity contribution >= 4 is 40.2 Å². The van der Waals surface area contributed by atoms with Crippen LogP contribution in [0.15, 0.2) is 64.6 Å². The average molecular weight is 452 g/mol. The molecule has 1 aliphatic carbocycles. The molecule has 0 radical (unpaired) electrons. The number of carbonyl (C=O) groups is 1. The van der Waals surface area contributed by atoms with Gasteiger partial charge in [0.05, 0.1) is 23.0 Å². The molecule has 0 unspecified atom stereocenters. The van der Waals surface area contributed by atoms with E-state index in [0.717, 1.165) is 39.2 Å². The summed E-state index contributed by atoms with van der Waals surface area (Å²) in [6.07, 6.45) is 6.28. The molecular formula is C24H22ClN3O2S. The predicted octanol–water partition coefficient (Wildman–Crippen LogP) is 6.79. The highest BCUT2D eigenvalue weighted by Gasteiger charge is 2.33. The van der Waals surface area contributed by atoms with Gasteiger partial charge in [0.2, 0.25) is 0 Å². The fourth-order valence-electron chi connectivity index (χ4n) is 3.90. The molecule has 5 nitrogen and oxygen atoms in total. The number of nitrogens with zero attached hydrogens (tertiary/aromatic N) is 3. The normalized spacial score (nSPS) is 13.9. The molecule has 0 bridgehead atoms. The monoisotopic (exact) mass is 451 g/mol. The first-order valence-corrected chi connectivity index (χ1v) is 11.5. The Balaban J connectivity index is 1.72. The molecule has 1 aliphatic rings. The lowest BCUT2D eigenvalue weighted by atomic mass is 10.2. The second-order valence-corrected chi connectivity index (χ2v) is 9.71. The van der Waals surface area contributed by atoms with Crippen LogP contribution in [0.3, 0.4) is 0 Å². The molecule has 0 saturated heterocycles. The van der Waals surface area contributed by atoms with E-state index in [9.17, 15) is 9.90 Å². The molecule has 0 spiro atoms. The molecule has 158 valence electrons. The Kier molecular flexibility index (Phi) is 5.07. The number of fused-ring (bicyclic) bond motifs is 1. The number of benzene rings is 2. The van der Waals surface area contributed by atoms with E-state index in [1.807, 2.05) is 29.1 Å². The second kappa shape index (κ2) is 7.77. The average Bonchev–Trinajstić information content (AvgIpc) is 3.37. The predicted molar refractivity (Wildman–Crippen MR) is 124 cm³/mol. The summed E-state index contributed by atoms with van der Waals surface area (Å²) >= 11 is 8.02. The molecule has 1 saturated carbocycles. The van der Waals surface area contributed by atoms with Crippen molar-refractivity contribution in [2.45, 2.75) is 48.4 Å². The second-order valence-electron chi connectivity index (χ2n) is 8.19. The fourth-order valence-corrected chi connectivity index (χ4v) is 5.28. The minimum absolute atomic E-state index is 0.274.